The van der Waals surface area contributed by atoms with Crippen molar-refractivity contribution in [3.63, 3.8) is 0 Å². The Hall–Kier alpha value is -0.830. The lowest BCUT2D eigenvalue weighted by molar-refractivity contribution is 0.458. The quantitative estimate of drug-likeness (QED) is 0.677. The number of fused-ring (bicyclic) bond motifs is 1. The van der Waals surface area contributed by atoms with E-state index in [2.05, 4.69) is 4.98 Å². The zero-order valence-corrected chi connectivity index (χ0v) is 6.47. The smallest absolute Gasteiger partial charge is 0.195 e. The molecule has 0 bridgehead atoms. The molecule has 0 spiro atoms. The van der Waals surface area contributed by atoms with Gasteiger partial charge >= 0.3 is 0 Å². The third-order valence-corrected chi connectivity index (χ3v) is 2.00. The molecule has 11 heavy (non-hydrogen) atoms. The predicted molar refractivity (Wildman–Crippen MR) is 41.3 cm³/mol. The van der Waals surface area contributed by atoms with Crippen LogP contribution in [0, 0.1) is 0 Å². The molecule has 0 fully saturated rings. The molecule has 0 saturated carbocycles. The SMILES string of the molecule is NCCc1nc2c(o1)CCC2. The van der Waals surface area contributed by atoms with Crippen molar-refractivity contribution in [2.45, 2.75) is 25.7 Å². The summed E-state index contributed by atoms with van der Waals surface area (Å²) in [5.74, 6) is 1.91. The molecule has 0 aliphatic heterocycles. The molecule has 0 aromatic carbocycles. The van der Waals surface area contributed by atoms with E-state index < -0.39 is 0 Å². The minimum atomic E-state index is 0.624. The lowest BCUT2D eigenvalue weighted by Gasteiger charge is -1.89. The van der Waals surface area contributed by atoms with Crippen molar-refractivity contribution in [3.05, 3.63) is 17.3 Å². The molecule has 2 N–H and O–H groups in total. The van der Waals surface area contributed by atoms with E-state index in [4.69, 9.17) is 10.2 Å². The molecule has 0 atom stereocenters. The molecule has 3 heteroatoms. The number of oxazole rings is 1. The van der Waals surface area contributed by atoms with Crippen molar-refractivity contribution in [2.75, 3.05) is 6.54 Å². The predicted octanol–water partition coefficient (Wildman–Crippen LogP) is 0.664. The van der Waals surface area contributed by atoms with E-state index in [9.17, 15) is 0 Å². The molecule has 1 heterocycles. The monoisotopic (exact) mass is 152 g/mol. The van der Waals surface area contributed by atoms with Gasteiger partial charge in [0.05, 0.1) is 5.69 Å². The van der Waals surface area contributed by atoms with Crippen LogP contribution in [0.25, 0.3) is 0 Å². The van der Waals surface area contributed by atoms with E-state index in [0.717, 1.165) is 36.6 Å². The van der Waals surface area contributed by atoms with Gasteiger partial charge in [-0.2, -0.15) is 0 Å². The van der Waals surface area contributed by atoms with Crippen LogP contribution in [-0.4, -0.2) is 11.5 Å². The number of hydrogen-bond acceptors (Lipinski definition) is 3. The Morgan fingerprint density at radius 2 is 2.36 bits per heavy atom. The minimum absolute atomic E-state index is 0.624. The van der Waals surface area contributed by atoms with E-state index in [0.29, 0.717) is 6.54 Å². The van der Waals surface area contributed by atoms with Crippen LogP contribution < -0.4 is 5.73 Å². The average molecular weight is 152 g/mol. The van der Waals surface area contributed by atoms with Crippen LogP contribution in [0.4, 0.5) is 0 Å². The zero-order valence-electron chi connectivity index (χ0n) is 6.47. The van der Waals surface area contributed by atoms with Crippen molar-refractivity contribution in [2.24, 2.45) is 5.73 Å². The molecule has 3 nitrogen and oxygen atoms in total. The van der Waals surface area contributed by atoms with Crippen LogP contribution in [0.5, 0.6) is 0 Å². The molecule has 1 aliphatic carbocycles. The molecular weight excluding hydrogens is 140 g/mol. The lowest BCUT2D eigenvalue weighted by Crippen LogP contribution is -2.02. The van der Waals surface area contributed by atoms with Crippen molar-refractivity contribution in [3.8, 4) is 0 Å². The summed E-state index contributed by atoms with van der Waals surface area (Å²) in [5, 5.41) is 0. The van der Waals surface area contributed by atoms with Gasteiger partial charge in [-0.05, 0) is 12.8 Å². The first kappa shape index (κ1) is 6.85. The third-order valence-electron chi connectivity index (χ3n) is 2.00. The van der Waals surface area contributed by atoms with Crippen LogP contribution >= 0.6 is 0 Å². The highest BCUT2D eigenvalue weighted by molar-refractivity contribution is 5.15. The molecule has 0 saturated heterocycles. The Balaban J connectivity index is 2.20. The average Bonchev–Trinajstić information content (AvgIpc) is 2.46. The highest BCUT2D eigenvalue weighted by atomic mass is 16.4. The summed E-state index contributed by atoms with van der Waals surface area (Å²) in [6.07, 6.45) is 4.12. The lowest BCUT2D eigenvalue weighted by atomic mass is 10.3. The fourth-order valence-electron chi connectivity index (χ4n) is 1.47. The number of nitrogens with two attached hydrogens (primary N) is 1. The van der Waals surface area contributed by atoms with Crippen molar-refractivity contribution in [1.29, 1.82) is 0 Å². The maximum Gasteiger partial charge on any atom is 0.195 e. The second-order valence-corrected chi connectivity index (χ2v) is 2.87. The maximum absolute atomic E-state index is 5.48. The normalized spacial score (nSPS) is 15.4. The Labute approximate surface area is 65.6 Å². The van der Waals surface area contributed by atoms with Crippen LogP contribution in [0.2, 0.25) is 0 Å². The summed E-state index contributed by atoms with van der Waals surface area (Å²) in [5.41, 5.74) is 6.54. The molecule has 2 rings (SSSR count). The summed E-state index contributed by atoms with van der Waals surface area (Å²) in [7, 11) is 0. The number of hydrogen-bond donors (Lipinski definition) is 1. The Bertz CT molecular complexity index is 233. The highest BCUT2D eigenvalue weighted by Crippen LogP contribution is 2.21. The topological polar surface area (TPSA) is 52.0 Å². The molecule has 1 aromatic rings. The highest BCUT2D eigenvalue weighted by Gasteiger charge is 2.17. The molecule has 0 amide bonds. The van der Waals surface area contributed by atoms with Crippen molar-refractivity contribution >= 4 is 0 Å². The van der Waals surface area contributed by atoms with E-state index in [-0.39, 0.29) is 0 Å². The second kappa shape index (κ2) is 2.66. The molecule has 0 radical (unpaired) electrons. The summed E-state index contributed by atoms with van der Waals surface area (Å²) in [6, 6.07) is 0. The molecule has 1 aromatic heterocycles. The Kier molecular flexibility index (Phi) is 1.66. The first-order valence-corrected chi connectivity index (χ1v) is 4.07. The number of nitrogens with zero attached hydrogens (tertiary/aromatic N) is 1. The number of aromatic nitrogens is 1. The summed E-state index contributed by atoms with van der Waals surface area (Å²) in [4.78, 5) is 4.33. The molecule has 60 valence electrons. The third kappa shape index (κ3) is 1.16. The minimum Gasteiger partial charge on any atom is -0.445 e. The summed E-state index contributed by atoms with van der Waals surface area (Å²) >= 11 is 0. The second-order valence-electron chi connectivity index (χ2n) is 2.87. The summed E-state index contributed by atoms with van der Waals surface area (Å²) < 4.78 is 5.48. The Morgan fingerprint density at radius 3 is 3.09 bits per heavy atom. The first-order valence-electron chi connectivity index (χ1n) is 4.07. The van der Waals surface area contributed by atoms with Crippen LogP contribution in [0.1, 0.15) is 23.8 Å². The summed E-state index contributed by atoms with van der Waals surface area (Å²) in [6.45, 7) is 0.624. The van der Waals surface area contributed by atoms with Crippen LogP contribution in [0.3, 0.4) is 0 Å². The van der Waals surface area contributed by atoms with Gasteiger partial charge in [0.15, 0.2) is 5.89 Å². The van der Waals surface area contributed by atoms with Crippen molar-refractivity contribution < 1.29 is 4.42 Å². The van der Waals surface area contributed by atoms with Crippen molar-refractivity contribution in [1.82, 2.24) is 4.98 Å². The van der Waals surface area contributed by atoms with Gasteiger partial charge in [0.1, 0.15) is 5.76 Å². The number of aryl methyl sites for hydroxylation is 2. The standard InChI is InChI=1S/C8H12N2O/c9-5-4-8-10-6-2-1-3-7(6)11-8/h1-5,9H2. The maximum atomic E-state index is 5.48. The number of rotatable bonds is 2. The largest absolute Gasteiger partial charge is 0.445 e. The van der Waals surface area contributed by atoms with Crippen LogP contribution in [0.15, 0.2) is 4.42 Å². The fourth-order valence-corrected chi connectivity index (χ4v) is 1.47. The molecule has 0 unspecified atom stereocenters. The first-order chi connectivity index (χ1) is 5.40. The van der Waals surface area contributed by atoms with Gasteiger partial charge in [-0.15, -0.1) is 0 Å². The van der Waals surface area contributed by atoms with E-state index >= 15 is 0 Å². The van der Waals surface area contributed by atoms with Gasteiger partial charge in [-0.25, -0.2) is 4.98 Å². The van der Waals surface area contributed by atoms with E-state index in [1.807, 2.05) is 0 Å². The van der Waals surface area contributed by atoms with Gasteiger partial charge in [-0.3, -0.25) is 0 Å². The van der Waals surface area contributed by atoms with Crippen LogP contribution in [-0.2, 0) is 19.3 Å². The van der Waals surface area contributed by atoms with Gasteiger partial charge in [0.2, 0.25) is 0 Å². The van der Waals surface area contributed by atoms with Gasteiger partial charge in [-0.1, -0.05) is 0 Å². The fraction of sp³-hybridized carbons (Fsp3) is 0.625. The molecular formula is C8H12N2O. The van der Waals surface area contributed by atoms with E-state index in [1.165, 1.54) is 6.42 Å². The van der Waals surface area contributed by atoms with Gasteiger partial charge in [0.25, 0.3) is 0 Å². The van der Waals surface area contributed by atoms with E-state index in [1.54, 1.807) is 0 Å². The van der Waals surface area contributed by atoms with Gasteiger partial charge < -0.3 is 10.2 Å². The molecule has 1 aliphatic rings. The van der Waals surface area contributed by atoms with Gasteiger partial charge in [0, 0.05) is 19.4 Å². The Morgan fingerprint density at radius 1 is 1.45 bits per heavy atom. The zero-order chi connectivity index (χ0) is 7.68.